The Labute approximate surface area is 125 Å². The van der Waals surface area contributed by atoms with Crippen LogP contribution in [0.3, 0.4) is 0 Å². The molecule has 0 fully saturated rings. The average molecular weight is 295 g/mol. The van der Waals surface area contributed by atoms with E-state index < -0.39 is 5.91 Å². The zero-order chi connectivity index (χ0) is 15.5. The van der Waals surface area contributed by atoms with Gasteiger partial charge in [-0.05, 0) is 17.7 Å². The number of hydrogen-bond donors (Lipinski definition) is 1. The van der Waals surface area contributed by atoms with Gasteiger partial charge in [0.1, 0.15) is 17.6 Å². The number of rotatable bonds is 4. The van der Waals surface area contributed by atoms with E-state index in [1.807, 2.05) is 30.3 Å². The SMILES string of the molecule is NC(=O)COc1ccc2c(=O)c(-c3ccccc3)coc2c1. The minimum atomic E-state index is -0.569. The Morgan fingerprint density at radius 1 is 1.14 bits per heavy atom. The van der Waals surface area contributed by atoms with Gasteiger partial charge < -0.3 is 14.9 Å². The molecule has 0 atom stereocenters. The highest BCUT2D eigenvalue weighted by Gasteiger charge is 2.10. The summed E-state index contributed by atoms with van der Waals surface area (Å²) in [4.78, 5) is 23.2. The van der Waals surface area contributed by atoms with E-state index in [1.54, 1.807) is 18.2 Å². The van der Waals surface area contributed by atoms with E-state index in [-0.39, 0.29) is 12.0 Å². The fourth-order valence-corrected chi connectivity index (χ4v) is 2.17. The molecule has 5 nitrogen and oxygen atoms in total. The Hall–Kier alpha value is -3.08. The van der Waals surface area contributed by atoms with Gasteiger partial charge in [-0.25, -0.2) is 0 Å². The van der Waals surface area contributed by atoms with Crippen molar-refractivity contribution >= 4 is 16.9 Å². The van der Waals surface area contributed by atoms with Crippen LogP contribution < -0.4 is 15.9 Å². The molecule has 0 saturated heterocycles. The molecule has 0 aliphatic carbocycles. The first kappa shape index (κ1) is 13.9. The maximum Gasteiger partial charge on any atom is 0.255 e. The summed E-state index contributed by atoms with van der Waals surface area (Å²) in [6.07, 6.45) is 1.43. The van der Waals surface area contributed by atoms with Crippen molar-refractivity contribution < 1.29 is 13.9 Å². The molecule has 0 saturated carbocycles. The van der Waals surface area contributed by atoms with Crippen molar-refractivity contribution in [3.63, 3.8) is 0 Å². The first-order valence-electron chi connectivity index (χ1n) is 6.67. The summed E-state index contributed by atoms with van der Waals surface area (Å²) in [6.45, 7) is -0.224. The van der Waals surface area contributed by atoms with Gasteiger partial charge in [-0.1, -0.05) is 30.3 Å². The van der Waals surface area contributed by atoms with Gasteiger partial charge in [-0.3, -0.25) is 9.59 Å². The van der Waals surface area contributed by atoms with Gasteiger partial charge in [-0.2, -0.15) is 0 Å². The Bertz CT molecular complexity index is 884. The van der Waals surface area contributed by atoms with Crippen LogP contribution in [0.1, 0.15) is 0 Å². The lowest BCUT2D eigenvalue weighted by Crippen LogP contribution is -2.20. The average Bonchev–Trinajstić information content (AvgIpc) is 2.54. The van der Waals surface area contributed by atoms with Gasteiger partial charge in [0.15, 0.2) is 12.0 Å². The third kappa shape index (κ3) is 2.69. The molecule has 3 rings (SSSR count). The topological polar surface area (TPSA) is 82.5 Å². The summed E-state index contributed by atoms with van der Waals surface area (Å²) in [5, 5.41) is 0.452. The van der Waals surface area contributed by atoms with E-state index in [4.69, 9.17) is 14.9 Å². The predicted octanol–water partition coefficient (Wildman–Crippen LogP) is 2.32. The smallest absolute Gasteiger partial charge is 0.255 e. The fraction of sp³-hybridized carbons (Fsp3) is 0.0588. The summed E-state index contributed by atoms with van der Waals surface area (Å²) in [7, 11) is 0. The minimum absolute atomic E-state index is 0.117. The Balaban J connectivity index is 2.04. The van der Waals surface area contributed by atoms with Crippen molar-refractivity contribution in [1.29, 1.82) is 0 Å². The number of carbonyl (C=O) groups excluding carboxylic acids is 1. The molecule has 0 radical (unpaired) electrons. The van der Waals surface area contributed by atoms with Gasteiger partial charge in [0.25, 0.3) is 5.91 Å². The van der Waals surface area contributed by atoms with Crippen LogP contribution in [0.2, 0.25) is 0 Å². The summed E-state index contributed by atoms with van der Waals surface area (Å²) in [5.74, 6) is -0.150. The number of amides is 1. The van der Waals surface area contributed by atoms with Gasteiger partial charge in [-0.15, -0.1) is 0 Å². The lowest BCUT2D eigenvalue weighted by atomic mass is 10.1. The van der Waals surface area contributed by atoms with Crippen molar-refractivity contribution in [1.82, 2.24) is 0 Å². The van der Waals surface area contributed by atoms with Crippen LogP contribution in [0.4, 0.5) is 0 Å². The van der Waals surface area contributed by atoms with Crippen molar-refractivity contribution in [2.75, 3.05) is 6.61 Å². The zero-order valence-corrected chi connectivity index (χ0v) is 11.6. The van der Waals surface area contributed by atoms with Crippen molar-refractivity contribution in [3.8, 4) is 16.9 Å². The summed E-state index contributed by atoms with van der Waals surface area (Å²) < 4.78 is 10.7. The Morgan fingerprint density at radius 3 is 2.64 bits per heavy atom. The number of carbonyl (C=O) groups is 1. The molecule has 22 heavy (non-hydrogen) atoms. The van der Waals surface area contributed by atoms with Crippen molar-refractivity contribution in [2.24, 2.45) is 5.73 Å². The van der Waals surface area contributed by atoms with Crippen LogP contribution in [-0.2, 0) is 4.79 Å². The van der Waals surface area contributed by atoms with Crippen LogP contribution in [0.15, 0.2) is 64.0 Å². The number of fused-ring (bicyclic) bond motifs is 1. The zero-order valence-electron chi connectivity index (χ0n) is 11.6. The largest absolute Gasteiger partial charge is 0.484 e. The monoisotopic (exact) mass is 295 g/mol. The molecule has 0 unspecified atom stereocenters. The molecular formula is C17H13NO4. The van der Waals surface area contributed by atoms with Crippen LogP contribution in [0.25, 0.3) is 22.1 Å². The third-order valence-electron chi connectivity index (χ3n) is 3.21. The molecular weight excluding hydrogens is 282 g/mol. The molecule has 0 aliphatic heterocycles. The van der Waals surface area contributed by atoms with Gasteiger partial charge in [0.2, 0.25) is 0 Å². The summed E-state index contributed by atoms with van der Waals surface area (Å²) in [5.41, 5.74) is 6.60. The Kier molecular flexibility index (Phi) is 3.62. The minimum Gasteiger partial charge on any atom is -0.484 e. The fourth-order valence-electron chi connectivity index (χ4n) is 2.17. The molecule has 2 aromatic carbocycles. The quantitative estimate of drug-likeness (QED) is 0.800. The van der Waals surface area contributed by atoms with Gasteiger partial charge >= 0.3 is 0 Å². The first-order valence-corrected chi connectivity index (χ1v) is 6.67. The molecule has 0 spiro atoms. The van der Waals surface area contributed by atoms with E-state index >= 15 is 0 Å². The molecule has 0 aliphatic rings. The maximum atomic E-state index is 12.5. The lowest BCUT2D eigenvalue weighted by molar-refractivity contribution is -0.119. The van der Waals surface area contributed by atoms with Crippen molar-refractivity contribution in [3.05, 3.63) is 65.0 Å². The number of nitrogens with two attached hydrogens (primary N) is 1. The van der Waals surface area contributed by atoms with E-state index in [2.05, 4.69) is 0 Å². The van der Waals surface area contributed by atoms with Crippen LogP contribution in [0.5, 0.6) is 5.75 Å². The molecule has 1 amide bonds. The summed E-state index contributed by atoms with van der Waals surface area (Å²) in [6, 6.07) is 14.1. The molecule has 3 aromatic rings. The highest BCUT2D eigenvalue weighted by molar-refractivity contribution is 5.82. The molecule has 1 heterocycles. The van der Waals surface area contributed by atoms with Crippen LogP contribution >= 0.6 is 0 Å². The summed E-state index contributed by atoms with van der Waals surface area (Å²) >= 11 is 0. The number of benzene rings is 2. The molecule has 2 N–H and O–H groups in total. The number of ether oxygens (including phenoxy) is 1. The second-order valence-electron chi connectivity index (χ2n) is 4.76. The highest BCUT2D eigenvalue weighted by Crippen LogP contribution is 2.22. The maximum absolute atomic E-state index is 12.5. The lowest BCUT2D eigenvalue weighted by Gasteiger charge is -2.06. The first-order chi connectivity index (χ1) is 10.6. The van der Waals surface area contributed by atoms with E-state index in [0.29, 0.717) is 22.3 Å². The van der Waals surface area contributed by atoms with Gasteiger partial charge in [0.05, 0.1) is 10.9 Å². The van der Waals surface area contributed by atoms with E-state index in [0.717, 1.165) is 5.56 Å². The van der Waals surface area contributed by atoms with E-state index in [1.165, 1.54) is 6.26 Å². The number of primary amides is 1. The normalized spacial score (nSPS) is 10.5. The van der Waals surface area contributed by atoms with Crippen LogP contribution in [0, 0.1) is 0 Å². The molecule has 110 valence electrons. The second kappa shape index (κ2) is 5.73. The molecule has 0 bridgehead atoms. The van der Waals surface area contributed by atoms with Gasteiger partial charge in [0, 0.05) is 6.07 Å². The predicted molar refractivity (Wildman–Crippen MR) is 82.6 cm³/mol. The number of hydrogen-bond acceptors (Lipinski definition) is 4. The Morgan fingerprint density at radius 2 is 1.91 bits per heavy atom. The third-order valence-corrected chi connectivity index (χ3v) is 3.21. The molecule has 1 aromatic heterocycles. The standard InChI is InChI=1S/C17H13NO4/c18-16(19)10-21-12-6-7-13-15(8-12)22-9-14(17(13)20)11-4-2-1-3-5-11/h1-9H,10H2,(H2,18,19). The second-order valence-corrected chi connectivity index (χ2v) is 4.76. The van der Waals surface area contributed by atoms with Crippen molar-refractivity contribution in [2.45, 2.75) is 0 Å². The van der Waals surface area contributed by atoms with E-state index in [9.17, 15) is 9.59 Å². The highest BCUT2D eigenvalue weighted by atomic mass is 16.5. The molecule has 5 heteroatoms. The van der Waals surface area contributed by atoms with Crippen LogP contribution in [-0.4, -0.2) is 12.5 Å².